The van der Waals surface area contributed by atoms with E-state index in [9.17, 15) is 4.79 Å². The van der Waals surface area contributed by atoms with E-state index in [-0.39, 0.29) is 11.9 Å². The largest absolute Gasteiger partial charge is 0.466 e. The SMILES string of the molecule is CCOC(=O)C1CC[N+](CC(C)(C)C)(C(C)C)C1. The molecule has 0 saturated carbocycles. The van der Waals surface area contributed by atoms with Crippen molar-refractivity contribution >= 4 is 5.97 Å². The lowest BCUT2D eigenvalue weighted by Crippen LogP contribution is -2.55. The van der Waals surface area contributed by atoms with Gasteiger partial charge < -0.3 is 9.22 Å². The fraction of sp³-hybridized carbons (Fsp3) is 0.933. The van der Waals surface area contributed by atoms with E-state index in [4.69, 9.17) is 4.74 Å². The molecule has 0 spiro atoms. The quantitative estimate of drug-likeness (QED) is 0.571. The Bertz CT molecular complexity index is 293. The number of likely N-dealkylation sites (tertiary alicyclic amines) is 1. The molecule has 0 aromatic carbocycles. The maximum Gasteiger partial charge on any atom is 0.314 e. The van der Waals surface area contributed by atoms with Crippen molar-refractivity contribution in [3.8, 4) is 0 Å². The molecule has 18 heavy (non-hydrogen) atoms. The van der Waals surface area contributed by atoms with Crippen molar-refractivity contribution in [2.75, 3.05) is 26.2 Å². The third kappa shape index (κ3) is 3.71. The van der Waals surface area contributed by atoms with Crippen molar-refractivity contribution in [2.24, 2.45) is 11.3 Å². The molecule has 2 unspecified atom stereocenters. The third-order valence-electron chi connectivity index (χ3n) is 4.01. The monoisotopic (exact) mass is 256 g/mol. The Morgan fingerprint density at radius 3 is 2.44 bits per heavy atom. The molecule has 1 aliphatic rings. The highest BCUT2D eigenvalue weighted by Crippen LogP contribution is 2.33. The van der Waals surface area contributed by atoms with Gasteiger partial charge in [0.25, 0.3) is 0 Å². The second-order valence-corrected chi connectivity index (χ2v) is 7.17. The average molecular weight is 256 g/mol. The summed E-state index contributed by atoms with van der Waals surface area (Å²) >= 11 is 0. The first-order chi connectivity index (χ1) is 8.20. The number of carbonyl (C=O) groups excluding carboxylic acids is 1. The van der Waals surface area contributed by atoms with E-state index in [1.807, 2.05) is 6.92 Å². The van der Waals surface area contributed by atoms with Crippen LogP contribution in [0.1, 0.15) is 48.0 Å². The molecule has 1 fully saturated rings. The van der Waals surface area contributed by atoms with Crippen molar-refractivity contribution < 1.29 is 14.0 Å². The first-order valence-electron chi connectivity index (χ1n) is 7.22. The average Bonchev–Trinajstić information content (AvgIpc) is 2.61. The first kappa shape index (κ1) is 15.5. The van der Waals surface area contributed by atoms with E-state index in [0.717, 1.165) is 30.5 Å². The van der Waals surface area contributed by atoms with Gasteiger partial charge in [-0.1, -0.05) is 20.8 Å². The number of hydrogen-bond acceptors (Lipinski definition) is 2. The summed E-state index contributed by atoms with van der Waals surface area (Å²) in [6.07, 6.45) is 0.979. The van der Waals surface area contributed by atoms with Crippen LogP contribution in [0.2, 0.25) is 0 Å². The molecule has 1 saturated heterocycles. The zero-order valence-electron chi connectivity index (χ0n) is 13.0. The van der Waals surface area contributed by atoms with E-state index in [1.165, 1.54) is 0 Å². The van der Waals surface area contributed by atoms with E-state index in [1.54, 1.807) is 0 Å². The van der Waals surface area contributed by atoms with Gasteiger partial charge in [-0.05, 0) is 20.8 Å². The molecule has 0 aliphatic carbocycles. The third-order valence-corrected chi connectivity index (χ3v) is 4.01. The van der Waals surface area contributed by atoms with Crippen molar-refractivity contribution in [2.45, 2.75) is 54.0 Å². The van der Waals surface area contributed by atoms with E-state index in [2.05, 4.69) is 34.6 Å². The van der Waals surface area contributed by atoms with Crippen LogP contribution in [0.3, 0.4) is 0 Å². The second-order valence-electron chi connectivity index (χ2n) is 7.17. The fourth-order valence-electron chi connectivity index (χ4n) is 3.23. The maximum absolute atomic E-state index is 11.9. The Hall–Kier alpha value is -0.570. The van der Waals surface area contributed by atoms with Gasteiger partial charge in [-0.25, -0.2) is 0 Å². The molecule has 106 valence electrons. The lowest BCUT2D eigenvalue weighted by atomic mass is 9.93. The van der Waals surface area contributed by atoms with Crippen LogP contribution in [-0.2, 0) is 9.53 Å². The van der Waals surface area contributed by atoms with Crippen LogP contribution < -0.4 is 0 Å². The van der Waals surface area contributed by atoms with Crippen LogP contribution in [0.4, 0.5) is 0 Å². The molecule has 0 bridgehead atoms. The Labute approximate surface area is 112 Å². The normalized spacial score (nSPS) is 28.7. The summed E-state index contributed by atoms with van der Waals surface area (Å²) in [5.41, 5.74) is 0.299. The Balaban J connectivity index is 2.76. The van der Waals surface area contributed by atoms with Crippen LogP contribution in [0.25, 0.3) is 0 Å². The van der Waals surface area contributed by atoms with Crippen LogP contribution in [0, 0.1) is 11.3 Å². The molecular weight excluding hydrogens is 226 g/mol. The minimum Gasteiger partial charge on any atom is -0.466 e. The number of rotatable bonds is 4. The van der Waals surface area contributed by atoms with Gasteiger partial charge in [0, 0.05) is 11.8 Å². The molecule has 3 heteroatoms. The van der Waals surface area contributed by atoms with Gasteiger partial charge in [-0.2, -0.15) is 0 Å². The number of ether oxygens (including phenoxy) is 1. The molecule has 0 aromatic heterocycles. The summed E-state index contributed by atoms with van der Waals surface area (Å²) < 4.78 is 6.24. The highest BCUT2D eigenvalue weighted by molar-refractivity contribution is 5.72. The predicted octanol–water partition coefficient (Wildman–Crippen LogP) is 2.84. The maximum atomic E-state index is 11.9. The highest BCUT2D eigenvalue weighted by Gasteiger charge is 2.45. The van der Waals surface area contributed by atoms with Crippen molar-refractivity contribution in [3.63, 3.8) is 0 Å². The molecule has 1 rings (SSSR count). The summed E-state index contributed by atoms with van der Waals surface area (Å²) in [6.45, 7) is 17.0. The van der Waals surface area contributed by atoms with Gasteiger partial charge in [0.05, 0.1) is 32.3 Å². The molecule has 1 heterocycles. The number of esters is 1. The number of hydrogen-bond donors (Lipinski definition) is 0. The number of nitrogens with zero attached hydrogens (tertiary/aromatic N) is 1. The zero-order valence-corrected chi connectivity index (χ0v) is 13.0. The Morgan fingerprint density at radius 1 is 1.39 bits per heavy atom. The Morgan fingerprint density at radius 2 is 2.00 bits per heavy atom. The molecule has 0 N–H and O–H groups in total. The van der Waals surface area contributed by atoms with Crippen LogP contribution >= 0.6 is 0 Å². The minimum absolute atomic E-state index is 0.00654. The zero-order chi connectivity index (χ0) is 14.0. The molecule has 0 aromatic rings. The molecule has 0 amide bonds. The first-order valence-corrected chi connectivity index (χ1v) is 7.22. The minimum atomic E-state index is 0.00654. The molecular formula is C15H30NO2+. The summed E-state index contributed by atoms with van der Waals surface area (Å²) in [7, 11) is 0. The topological polar surface area (TPSA) is 26.3 Å². The van der Waals surface area contributed by atoms with Gasteiger partial charge in [0.15, 0.2) is 0 Å². The van der Waals surface area contributed by atoms with Crippen molar-refractivity contribution in [1.82, 2.24) is 0 Å². The van der Waals surface area contributed by atoms with E-state index in [0.29, 0.717) is 18.1 Å². The van der Waals surface area contributed by atoms with Gasteiger partial charge in [0.2, 0.25) is 0 Å². The molecule has 1 aliphatic heterocycles. The second kappa shape index (κ2) is 5.60. The summed E-state index contributed by atoms with van der Waals surface area (Å²) in [6, 6.07) is 0.573. The van der Waals surface area contributed by atoms with Crippen molar-refractivity contribution in [3.05, 3.63) is 0 Å². The Kier molecular flexibility index (Phi) is 4.82. The molecule has 0 radical (unpaired) electrons. The van der Waals surface area contributed by atoms with E-state index < -0.39 is 0 Å². The lowest BCUT2D eigenvalue weighted by molar-refractivity contribution is -0.943. The van der Waals surface area contributed by atoms with Crippen molar-refractivity contribution in [1.29, 1.82) is 0 Å². The number of quaternary nitrogens is 1. The fourth-order valence-corrected chi connectivity index (χ4v) is 3.23. The van der Waals surface area contributed by atoms with Gasteiger partial charge in [-0.3, -0.25) is 4.79 Å². The summed E-state index contributed by atoms with van der Waals surface area (Å²) in [5, 5.41) is 0. The predicted molar refractivity (Wildman–Crippen MR) is 74.2 cm³/mol. The summed E-state index contributed by atoms with van der Waals surface area (Å²) in [5.74, 6) is 0.113. The van der Waals surface area contributed by atoms with Crippen LogP contribution in [0.15, 0.2) is 0 Å². The standard InChI is InChI=1S/C15H30NO2/c1-7-18-14(17)13-8-9-16(10-13,12(2)3)11-15(4,5)6/h12-13H,7-11H2,1-6H3/q+1. The van der Waals surface area contributed by atoms with Gasteiger partial charge in [0.1, 0.15) is 5.92 Å². The summed E-state index contributed by atoms with van der Waals surface area (Å²) in [4.78, 5) is 11.9. The van der Waals surface area contributed by atoms with E-state index >= 15 is 0 Å². The lowest BCUT2D eigenvalue weighted by Gasteiger charge is -2.43. The molecule has 2 atom stereocenters. The van der Waals surface area contributed by atoms with Crippen LogP contribution in [-0.4, -0.2) is 42.7 Å². The highest BCUT2D eigenvalue weighted by atomic mass is 16.5. The van der Waals surface area contributed by atoms with Gasteiger partial charge in [-0.15, -0.1) is 0 Å². The molecule has 3 nitrogen and oxygen atoms in total. The number of carbonyl (C=O) groups is 1. The smallest absolute Gasteiger partial charge is 0.314 e. The van der Waals surface area contributed by atoms with Gasteiger partial charge >= 0.3 is 5.97 Å². The van der Waals surface area contributed by atoms with Crippen LogP contribution in [0.5, 0.6) is 0 Å².